The van der Waals surface area contributed by atoms with Crippen molar-refractivity contribution >= 4 is 17.5 Å². The molecule has 0 saturated carbocycles. The number of para-hydroxylation sites is 1. The molecular formula is C24H26N6O2. The molecule has 8 heteroatoms. The maximum absolute atomic E-state index is 13.8. The van der Waals surface area contributed by atoms with Crippen LogP contribution in [0.3, 0.4) is 0 Å². The van der Waals surface area contributed by atoms with Crippen LogP contribution in [0.5, 0.6) is 5.75 Å². The number of carbonyl (C=O) groups excluding carboxylic acids is 1. The highest BCUT2D eigenvalue weighted by molar-refractivity contribution is 5.97. The zero-order valence-corrected chi connectivity index (χ0v) is 18.2. The van der Waals surface area contributed by atoms with Gasteiger partial charge in [-0.2, -0.15) is 10.1 Å². The van der Waals surface area contributed by atoms with E-state index in [9.17, 15) is 4.79 Å². The minimum absolute atomic E-state index is 0.0321. The first-order valence-electron chi connectivity index (χ1n) is 10.8. The first-order valence-corrected chi connectivity index (χ1v) is 10.8. The van der Waals surface area contributed by atoms with E-state index in [0.29, 0.717) is 24.6 Å². The molecule has 1 fully saturated rings. The summed E-state index contributed by atoms with van der Waals surface area (Å²) in [5.74, 6) is 1.44. The van der Waals surface area contributed by atoms with E-state index in [1.54, 1.807) is 11.8 Å². The number of methoxy groups -OCH3 is 1. The number of aromatic nitrogens is 3. The Labute approximate surface area is 187 Å². The smallest absolute Gasteiger partial charge is 0.254 e. The van der Waals surface area contributed by atoms with E-state index in [0.717, 1.165) is 30.1 Å². The molecule has 2 aliphatic rings. The van der Waals surface area contributed by atoms with Gasteiger partial charge in [-0.05, 0) is 36.8 Å². The molecule has 1 N–H and O–H groups in total. The van der Waals surface area contributed by atoms with Gasteiger partial charge in [-0.1, -0.05) is 30.3 Å². The summed E-state index contributed by atoms with van der Waals surface area (Å²) >= 11 is 0. The van der Waals surface area contributed by atoms with E-state index in [2.05, 4.69) is 32.4 Å². The molecule has 164 valence electrons. The van der Waals surface area contributed by atoms with Crippen LogP contribution >= 0.6 is 0 Å². The second kappa shape index (κ2) is 8.37. The summed E-state index contributed by atoms with van der Waals surface area (Å²) in [5, 5.41) is 7.67. The van der Waals surface area contributed by atoms with E-state index in [-0.39, 0.29) is 11.9 Å². The molecular weight excluding hydrogens is 404 g/mol. The molecule has 2 aliphatic heterocycles. The lowest BCUT2D eigenvalue weighted by Crippen LogP contribution is -2.50. The van der Waals surface area contributed by atoms with Gasteiger partial charge in [0.05, 0.1) is 12.7 Å². The Morgan fingerprint density at radius 1 is 1.03 bits per heavy atom. The van der Waals surface area contributed by atoms with Crippen molar-refractivity contribution in [3.05, 3.63) is 77.8 Å². The Hall–Kier alpha value is -3.81. The fourth-order valence-electron chi connectivity index (χ4n) is 4.44. The molecule has 2 aromatic carbocycles. The number of allylic oxidation sites excluding steroid dienone is 1. The van der Waals surface area contributed by atoms with Gasteiger partial charge in [0.25, 0.3) is 5.91 Å². The van der Waals surface area contributed by atoms with Crippen LogP contribution in [0.15, 0.2) is 72.2 Å². The molecule has 1 saturated heterocycles. The van der Waals surface area contributed by atoms with Crippen molar-refractivity contribution in [2.45, 2.75) is 13.0 Å². The van der Waals surface area contributed by atoms with E-state index >= 15 is 0 Å². The predicted molar refractivity (Wildman–Crippen MR) is 123 cm³/mol. The number of carbonyl (C=O) groups is 1. The number of nitrogens with zero attached hydrogens (tertiary/aromatic N) is 5. The number of amides is 1. The third kappa shape index (κ3) is 3.57. The van der Waals surface area contributed by atoms with Gasteiger partial charge in [-0.3, -0.25) is 4.79 Å². The average Bonchev–Trinajstić information content (AvgIpc) is 3.31. The van der Waals surface area contributed by atoms with Crippen LogP contribution in [0.1, 0.15) is 18.5 Å². The number of hydrogen-bond donors (Lipinski definition) is 1. The summed E-state index contributed by atoms with van der Waals surface area (Å²) in [6.07, 6.45) is 1.51. The van der Waals surface area contributed by atoms with E-state index in [1.165, 1.54) is 12.0 Å². The maximum Gasteiger partial charge on any atom is 0.254 e. The van der Waals surface area contributed by atoms with Gasteiger partial charge < -0.3 is 19.9 Å². The second-order valence-electron chi connectivity index (χ2n) is 7.98. The molecule has 0 radical (unpaired) electrons. The van der Waals surface area contributed by atoms with Crippen LogP contribution in [0.25, 0.3) is 0 Å². The van der Waals surface area contributed by atoms with Gasteiger partial charge >= 0.3 is 0 Å². The Balaban J connectivity index is 1.42. The standard InChI is InChI=1S/C24H26N6O2/c1-17-21(23(31)29-14-12-28(13-15-29)19-6-4-3-5-7-19)22(30-24(27-17)25-16-26-30)18-8-10-20(32-2)11-9-18/h3-11,16,22H,12-15H2,1-2H3,(H,25,26,27)/t22-/m1/s1. The van der Waals surface area contributed by atoms with Gasteiger partial charge in [0.2, 0.25) is 5.95 Å². The first kappa shape index (κ1) is 20.1. The van der Waals surface area contributed by atoms with Crippen molar-refractivity contribution in [2.24, 2.45) is 0 Å². The Morgan fingerprint density at radius 3 is 2.44 bits per heavy atom. The lowest BCUT2D eigenvalue weighted by atomic mass is 9.94. The molecule has 1 amide bonds. The van der Waals surface area contributed by atoms with Gasteiger partial charge in [-0.15, -0.1) is 0 Å². The molecule has 1 atom stereocenters. The Bertz CT molecular complexity index is 1130. The Morgan fingerprint density at radius 2 is 1.75 bits per heavy atom. The van der Waals surface area contributed by atoms with Crippen molar-refractivity contribution < 1.29 is 9.53 Å². The molecule has 0 unspecified atom stereocenters. The summed E-state index contributed by atoms with van der Waals surface area (Å²) in [6.45, 7) is 4.88. The van der Waals surface area contributed by atoms with Gasteiger partial charge in [-0.25, -0.2) is 4.68 Å². The molecule has 0 spiro atoms. The number of hydrogen-bond acceptors (Lipinski definition) is 6. The zero-order chi connectivity index (χ0) is 22.1. The van der Waals surface area contributed by atoms with Gasteiger partial charge in [0, 0.05) is 37.6 Å². The number of anilines is 2. The highest BCUT2D eigenvalue weighted by Crippen LogP contribution is 2.36. The quantitative estimate of drug-likeness (QED) is 0.686. The van der Waals surface area contributed by atoms with Crippen LogP contribution in [0.4, 0.5) is 11.6 Å². The summed E-state index contributed by atoms with van der Waals surface area (Å²) < 4.78 is 7.09. The molecule has 3 heterocycles. The zero-order valence-electron chi connectivity index (χ0n) is 18.2. The minimum Gasteiger partial charge on any atom is -0.497 e. The fraction of sp³-hybridized carbons (Fsp3) is 0.292. The van der Waals surface area contributed by atoms with Crippen molar-refractivity contribution in [3.8, 4) is 5.75 Å². The first-order chi connectivity index (χ1) is 15.7. The molecule has 1 aromatic heterocycles. The molecule has 32 heavy (non-hydrogen) atoms. The van der Waals surface area contributed by atoms with Crippen LogP contribution in [0, 0.1) is 0 Å². The maximum atomic E-state index is 13.8. The lowest BCUT2D eigenvalue weighted by Gasteiger charge is -2.38. The average molecular weight is 431 g/mol. The SMILES string of the molecule is COc1ccc([C@@H]2C(C(=O)N3CCN(c4ccccc4)CC3)=C(C)Nc3ncnn32)cc1. The van der Waals surface area contributed by atoms with Crippen molar-refractivity contribution in [2.75, 3.05) is 43.5 Å². The highest BCUT2D eigenvalue weighted by atomic mass is 16.5. The summed E-state index contributed by atoms with van der Waals surface area (Å²) in [6, 6.07) is 17.8. The third-order valence-electron chi connectivity index (χ3n) is 6.14. The highest BCUT2D eigenvalue weighted by Gasteiger charge is 2.36. The number of ether oxygens (including phenoxy) is 1. The number of nitrogens with one attached hydrogen (secondary N) is 1. The summed E-state index contributed by atoms with van der Waals surface area (Å²) in [7, 11) is 1.64. The van der Waals surface area contributed by atoms with Crippen molar-refractivity contribution in [1.82, 2.24) is 19.7 Å². The predicted octanol–water partition coefficient (Wildman–Crippen LogP) is 2.92. The van der Waals surface area contributed by atoms with Gasteiger partial charge in [0.1, 0.15) is 18.1 Å². The monoisotopic (exact) mass is 430 g/mol. The van der Waals surface area contributed by atoms with E-state index < -0.39 is 0 Å². The van der Waals surface area contributed by atoms with Gasteiger partial charge in [0.15, 0.2) is 0 Å². The van der Waals surface area contributed by atoms with Crippen molar-refractivity contribution in [3.63, 3.8) is 0 Å². The largest absolute Gasteiger partial charge is 0.497 e. The lowest BCUT2D eigenvalue weighted by molar-refractivity contribution is -0.128. The van der Waals surface area contributed by atoms with Crippen LogP contribution in [-0.4, -0.2) is 58.9 Å². The number of fused-ring (bicyclic) bond motifs is 1. The van der Waals surface area contributed by atoms with Crippen LogP contribution in [0.2, 0.25) is 0 Å². The molecule has 0 bridgehead atoms. The second-order valence-corrected chi connectivity index (χ2v) is 7.98. The number of rotatable bonds is 4. The van der Waals surface area contributed by atoms with Crippen molar-refractivity contribution in [1.29, 1.82) is 0 Å². The Kier molecular flexibility index (Phi) is 5.26. The van der Waals surface area contributed by atoms with E-state index in [4.69, 9.17) is 4.74 Å². The van der Waals surface area contributed by atoms with Crippen LogP contribution < -0.4 is 15.0 Å². The minimum atomic E-state index is -0.348. The van der Waals surface area contributed by atoms with E-state index in [1.807, 2.05) is 54.3 Å². The fourth-order valence-corrected chi connectivity index (χ4v) is 4.44. The van der Waals surface area contributed by atoms with Crippen LogP contribution in [-0.2, 0) is 4.79 Å². The number of benzene rings is 2. The molecule has 5 rings (SSSR count). The molecule has 0 aliphatic carbocycles. The topological polar surface area (TPSA) is 75.5 Å². The summed E-state index contributed by atoms with van der Waals surface area (Å²) in [5.41, 5.74) is 3.66. The third-order valence-corrected chi connectivity index (χ3v) is 6.14. The number of piperazine rings is 1. The molecule has 3 aromatic rings. The molecule has 8 nitrogen and oxygen atoms in total. The normalized spacial score (nSPS) is 18.2. The summed E-state index contributed by atoms with van der Waals surface area (Å²) in [4.78, 5) is 22.3.